The molecule has 3 aromatic rings. The van der Waals surface area contributed by atoms with E-state index in [1.807, 2.05) is 66.7 Å². The number of carboxylic acid groups (broad SMARTS) is 1. The number of ether oxygens (including phenoxy) is 2. The highest BCUT2D eigenvalue weighted by molar-refractivity contribution is 5.87. The number of nitrogens with one attached hydrogen (secondary N) is 2. The van der Waals surface area contributed by atoms with Crippen LogP contribution in [0, 0.1) is 11.3 Å². The maximum absolute atomic E-state index is 13.5. The standard InChI is InChI=1S/C33H34N2O6/c1-20(40-18-21-9-3-2-4-10-21)29(30(36)34-23-15-22-16-33(22,17-23)31(37)38)35-32(39)41-19-28-26-13-7-5-11-24(26)25-12-6-8-14-27(25)28/h2-14,20,22-23,28-29H,15-19H2,1H3,(H,34,36)(H,35,39)(H,37,38)/t20?,22-,23+,29?,33+/m0/s1. The zero-order valence-electron chi connectivity index (χ0n) is 22.9. The summed E-state index contributed by atoms with van der Waals surface area (Å²) in [5.74, 6) is -1.23. The van der Waals surface area contributed by atoms with Crippen molar-refractivity contribution in [3.8, 4) is 11.1 Å². The summed E-state index contributed by atoms with van der Waals surface area (Å²) in [7, 11) is 0. The minimum atomic E-state index is -1.02. The monoisotopic (exact) mass is 554 g/mol. The Morgan fingerprint density at radius 1 is 0.927 bits per heavy atom. The van der Waals surface area contributed by atoms with E-state index in [-0.39, 0.29) is 31.1 Å². The van der Waals surface area contributed by atoms with Gasteiger partial charge >= 0.3 is 12.1 Å². The average molecular weight is 555 g/mol. The minimum absolute atomic E-state index is 0.0885. The number of hydrogen-bond donors (Lipinski definition) is 3. The summed E-state index contributed by atoms with van der Waals surface area (Å²) >= 11 is 0. The highest BCUT2D eigenvalue weighted by Gasteiger charge is 2.65. The highest BCUT2D eigenvalue weighted by atomic mass is 16.5. The van der Waals surface area contributed by atoms with Gasteiger partial charge < -0.3 is 25.2 Å². The van der Waals surface area contributed by atoms with Gasteiger partial charge in [-0.25, -0.2) is 4.79 Å². The number of carbonyl (C=O) groups excluding carboxylic acids is 2. The normalized spacial score (nSPS) is 23.4. The second-order valence-electron chi connectivity index (χ2n) is 11.5. The molecule has 3 N–H and O–H groups in total. The Balaban J connectivity index is 1.12. The molecule has 0 radical (unpaired) electrons. The van der Waals surface area contributed by atoms with Gasteiger partial charge in [-0.05, 0) is 59.9 Å². The zero-order chi connectivity index (χ0) is 28.6. The number of aliphatic carboxylic acids is 1. The summed E-state index contributed by atoms with van der Waals surface area (Å²) < 4.78 is 11.7. The van der Waals surface area contributed by atoms with Gasteiger partial charge in [-0.1, -0.05) is 78.9 Å². The lowest BCUT2D eigenvalue weighted by Gasteiger charge is -2.27. The van der Waals surface area contributed by atoms with Crippen molar-refractivity contribution < 1.29 is 29.0 Å². The van der Waals surface area contributed by atoms with Gasteiger partial charge in [-0.2, -0.15) is 0 Å². The molecule has 0 aromatic heterocycles. The Hall–Kier alpha value is -4.17. The van der Waals surface area contributed by atoms with Crippen molar-refractivity contribution in [2.45, 2.75) is 56.9 Å². The highest BCUT2D eigenvalue weighted by Crippen LogP contribution is 2.63. The van der Waals surface area contributed by atoms with Crippen LogP contribution in [0.5, 0.6) is 0 Å². The Labute approximate surface area is 239 Å². The number of alkyl carbamates (subject to hydrolysis) is 1. The number of amides is 2. The molecule has 2 saturated carbocycles. The molecule has 0 heterocycles. The lowest BCUT2D eigenvalue weighted by Crippen LogP contribution is -2.55. The second kappa shape index (κ2) is 11.0. The van der Waals surface area contributed by atoms with Gasteiger partial charge in [0, 0.05) is 12.0 Å². The number of fused-ring (bicyclic) bond motifs is 4. The summed E-state index contributed by atoms with van der Waals surface area (Å²) in [4.78, 5) is 38.3. The van der Waals surface area contributed by atoms with E-state index >= 15 is 0 Å². The molecule has 5 atom stereocenters. The van der Waals surface area contributed by atoms with Gasteiger partial charge in [0.1, 0.15) is 12.6 Å². The SMILES string of the molecule is CC(OCc1ccccc1)C(NC(=O)OCC1c2ccccc2-c2ccccc21)C(=O)N[C@@H]1C[C@H]2C[C@@]2(C(=O)O)C1. The fourth-order valence-electron chi connectivity index (χ4n) is 6.62. The van der Waals surface area contributed by atoms with Crippen LogP contribution in [0.3, 0.4) is 0 Å². The molecule has 8 nitrogen and oxygen atoms in total. The fraction of sp³-hybridized carbons (Fsp3) is 0.364. The third-order valence-corrected chi connectivity index (χ3v) is 8.91. The molecule has 41 heavy (non-hydrogen) atoms. The van der Waals surface area contributed by atoms with Crippen LogP contribution in [-0.4, -0.2) is 47.9 Å². The van der Waals surface area contributed by atoms with E-state index in [9.17, 15) is 19.5 Å². The topological polar surface area (TPSA) is 114 Å². The summed E-state index contributed by atoms with van der Waals surface area (Å²) in [5.41, 5.74) is 4.68. The molecule has 3 aliphatic rings. The first-order valence-corrected chi connectivity index (χ1v) is 14.2. The van der Waals surface area contributed by atoms with Crippen molar-refractivity contribution in [2.24, 2.45) is 11.3 Å². The molecule has 2 amide bonds. The lowest BCUT2D eigenvalue weighted by molar-refractivity contribution is -0.144. The molecule has 0 saturated heterocycles. The van der Waals surface area contributed by atoms with Gasteiger partial charge in [0.2, 0.25) is 5.91 Å². The summed E-state index contributed by atoms with van der Waals surface area (Å²) in [6.07, 6.45) is 0.302. The van der Waals surface area contributed by atoms with Crippen LogP contribution in [0.2, 0.25) is 0 Å². The van der Waals surface area contributed by atoms with E-state index in [0.29, 0.717) is 19.3 Å². The first kappa shape index (κ1) is 27.0. The molecule has 212 valence electrons. The number of carboxylic acids is 1. The number of carbonyl (C=O) groups is 3. The summed E-state index contributed by atoms with van der Waals surface area (Å²) in [6.45, 7) is 2.13. The van der Waals surface area contributed by atoms with Gasteiger partial charge in [0.15, 0.2) is 0 Å². The van der Waals surface area contributed by atoms with Gasteiger partial charge in [0.05, 0.1) is 18.1 Å². The molecule has 0 aliphatic heterocycles. The maximum atomic E-state index is 13.5. The molecule has 3 aliphatic carbocycles. The van der Waals surface area contributed by atoms with E-state index in [1.165, 1.54) is 0 Å². The molecule has 8 heteroatoms. The molecule has 2 unspecified atom stereocenters. The van der Waals surface area contributed by atoms with Crippen LogP contribution < -0.4 is 10.6 Å². The van der Waals surface area contributed by atoms with Crippen molar-refractivity contribution in [3.05, 3.63) is 95.6 Å². The minimum Gasteiger partial charge on any atom is -0.481 e. The van der Waals surface area contributed by atoms with Crippen molar-refractivity contribution in [3.63, 3.8) is 0 Å². The van der Waals surface area contributed by atoms with Crippen LogP contribution in [0.4, 0.5) is 4.79 Å². The molecule has 3 aromatic carbocycles. The second-order valence-corrected chi connectivity index (χ2v) is 11.5. The lowest BCUT2D eigenvalue weighted by atomic mass is 9.98. The smallest absolute Gasteiger partial charge is 0.407 e. The van der Waals surface area contributed by atoms with Crippen LogP contribution in [0.15, 0.2) is 78.9 Å². The number of rotatable bonds is 10. The first-order valence-electron chi connectivity index (χ1n) is 14.2. The van der Waals surface area contributed by atoms with E-state index in [2.05, 4.69) is 22.8 Å². The van der Waals surface area contributed by atoms with Gasteiger partial charge in [0.25, 0.3) is 0 Å². The van der Waals surface area contributed by atoms with Crippen LogP contribution in [0.1, 0.15) is 48.8 Å². The molecule has 6 rings (SSSR count). The predicted octanol–water partition coefficient (Wildman–Crippen LogP) is 4.87. The largest absolute Gasteiger partial charge is 0.481 e. The Morgan fingerprint density at radius 2 is 1.56 bits per heavy atom. The summed E-state index contributed by atoms with van der Waals surface area (Å²) in [6, 6.07) is 24.5. The molecule has 2 fully saturated rings. The van der Waals surface area contributed by atoms with Crippen molar-refractivity contribution in [1.82, 2.24) is 10.6 Å². The zero-order valence-corrected chi connectivity index (χ0v) is 22.9. The molecular formula is C33H34N2O6. The third-order valence-electron chi connectivity index (χ3n) is 8.91. The first-order chi connectivity index (χ1) is 19.9. The molecule has 0 spiro atoms. The Bertz CT molecular complexity index is 1410. The Morgan fingerprint density at radius 3 is 2.20 bits per heavy atom. The van der Waals surface area contributed by atoms with Gasteiger partial charge in [-0.3, -0.25) is 9.59 Å². The average Bonchev–Trinajstić information content (AvgIpc) is 3.41. The van der Waals surface area contributed by atoms with Crippen LogP contribution in [-0.2, 0) is 25.7 Å². The quantitative estimate of drug-likeness (QED) is 0.330. The van der Waals surface area contributed by atoms with E-state index in [0.717, 1.165) is 27.8 Å². The number of benzene rings is 3. The molecular weight excluding hydrogens is 520 g/mol. The van der Waals surface area contributed by atoms with Crippen LogP contribution in [0.25, 0.3) is 11.1 Å². The van der Waals surface area contributed by atoms with Crippen molar-refractivity contribution >= 4 is 18.0 Å². The molecule has 0 bridgehead atoms. The predicted molar refractivity (Wildman–Crippen MR) is 152 cm³/mol. The van der Waals surface area contributed by atoms with E-state index < -0.39 is 35.5 Å². The fourth-order valence-corrected chi connectivity index (χ4v) is 6.62. The third kappa shape index (κ3) is 5.32. The maximum Gasteiger partial charge on any atom is 0.407 e. The van der Waals surface area contributed by atoms with Gasteiger partial charge in [-0.15, -0.1) is 0 Å². The number of hydrogen-bond acceptors (Lipinski definition) is 5. The van der Waals surface area contributed by atoms with Crippen molar-refractivity contribution in [1.29, 1.82) is 0 Å². The van der Waals surface area contributed by atoms with E-state index in [1.54, 1.807) is 6.92 Å². The van der Waals surface area contributed by atoms with Crippen LogP contribution >= 0.6 is 0 Å². The summed E-state index contributed by atoms with van der Waals surface area (Å²) in [5, 5.41) is 15.3. The Kier molecular flexibility index (Phi) is 7.26. The van der Waals surface area contributed by atoms with E-state index in [4.69, 9.17) is 9.47 Å². The van der Waals surface area contributed by atoms with Crippen molar-refractivity contribution in [2.75, 3.05) is 6.61 Å².